The highest BCUT2D eigenvalue weighted by Crippen LogP contribution is 2.68. The molecule has 1 aromatic carbocycles. The minimum absolute atomic E-state index is 0.486. The van der Waals surface area contributed by atoms with Gasteiger partial charge in [0.25, 0.3) is 0 Å². The molecule has 1 N–H and O–H groups in total. The molecule has 0 amide bonds. The number of benzene rings is 1. The molecule has 0 aliphatic carbocycles. The summed E-state index contributed by atoms with van der Waals surface area (Å²) < 4.78 is 0. The number of rotatable bonds is 1. The van der Waals surface area contributed by atoms with Gasteiger partial charge in [0.1, 0.15) is 5.30 Å². The Labute approximate surface area is 86.6 Å². The highest BCUT2D eigenvalue weighted by Gasteiger charge is 2.54. The number of hydrogen-bond donors (Lipinski definition) is 1. The van der Waals surface area contributed by atoms with Gasteiger partial charge in [-0.15, -0.1) is 0 Å². The monoisotopic (exact) mass is 209 g/mol. The Bertz CT molecular complexity index is 299. The summed E-state index contributed by atoms with van der Waals surface area (Å²) in [5.41, 5.74) is 0.972. The van der Waals surface area contributed by atoms with E-state index in [1.807, 2.05) is 18.2 Å². The molecule has 2 atom stereocenters. The zero-order chi connectivity index (χ0) is 10.2. The van der Waals surface area contributed by atoms with Crippen molar-refractivity contribution >= 4 is 12.8 Å². The van der Waals surface area contributed by atoms with Gasteiger partial charge in [0, 0.05) is 0 Å². The number of hydrogen-bond acceptors (Lipinski definition) is 1. The molecule has 1 saturated heterocycles. The predicted octanol–water partition coefficient (Wildman–Crippen LogP) is 2.81. The largest absolute Gasteiger partial charge is 0.246 e. The summed E-state index contributed by atoms with van der Waals surface area (Å²) in [6.45, 7) is 4.40. The third-order valence-electron chi connectivity index (χ3n) is 3.52. The van der Waals surface area contributed by atoms with Gasteiger partial charge in [0.15, 0.2) is 7.49 Å². The van der Waals surface area contributed by atoms with Crippen LogP contribution in [-0.4, -0.2) is 16.2 Å². The molecule has 1 nitrogen and oxygen atoms in total. The molecule has 0 saturated carbocycles. The first-order valence-corrected chi connectivity index (χ1v) is 7.20. The second-order valence-corrected chi connectivity index (χ2v) is 8.11. The van der Waals surface area contributed by atoms with Crippen LogP contribution >= 0.6 is 7.49 Å². The summed E-state index contributed by atoms with van der Waals surface area (Å²) in [4.78, 5) is 10.8. The average molecular weight is 209 g/mol. The van der Waals surface area contributed by atoms with Gasteiger partial charge in [-0.2, -0.15) is 0 Å². The molecule has 1 aliphatic rings. The molecule has 0 spiro atoms. The summed E-state index contributed by atoms with van der Waals surface area (Å²) in [5, 5.41) is 1.19. The van der Waals surface area contributed by atoms with Gasteiger partial charge in [-0.1, -0.05) is 18.2 Å². The molecule has 2 unspecified atom stereocenters. The Morgan fingerprint density at radius 2 is 1.57 bits per heavy atom. The molecule has 1 aliphatic heterocycles. The van der Waals surface area contributed by atoms with E-state index in [1.165, 1.54) is 18.1 Å². The van der Waals surface area contributed by atoms with Gasteiger partial charge >= 0.3 is 0 Å². The predicted molar refractivity (Wildman–Crippen MR) is 63.4 cm³/mol. The van der Waals surface area contributed by atoms with Gasteiger partial charge in [-0.3, -0.25) is 0 Å². The Hall–Kier alpha value is -0.390. The van der Waals surface area contributed by atoms with Gasteiger partial charge in [-0.05, 0) is 38.8 Å². The second kappa shape index (κ2) is 3.64. The van der Waals surface area contributed by atoms with E-state index >= 15 is 0 Å². The summed E-state index contributed by atoms with van der Waals surface area (Å²) >= 11 is 0. The van der Waals surface area contributed by atoms with Crippen LogP contribution < -0.4 is 5.30 Å². The van der Waals surface area contributed by atoms with E-state index in [2.05, 4.69) is 26.0 Å². The molecule has 0 aromatic heterocycles. The summed E-state index contributed by atoms with van der Waals surface area (Å²) in [5.74, 6) is 0. The molecular weight excluding hydrogens is 191 g/mol. The Kier molecular flexibility index (Phi) is 2.64. The van der Waals surface area contributed by atoms with E-state index in [-0.39, 0.29) is 0 Å². The van der Waals surface area contributed by atoms with Crippen molar-refractivity contribution < 1.29 is 4.89 Å². The fourth-order valence-electron chi connectivity index (χ4n) is 2.49. The van der Waals surface area contributed by atoms with E-state index < -0.39 is 7.49 Å². The van der Waals surface area contributed by atoms with E-state index in [1.54, 1.807) is 0 Å². The molecule has 1 heterocycles. The topological polar surface area (TPSA) is 20.2 Å². The standard InChI is InChI=1S/C12H18OP/c1-10-8-9-11(2)14(10,13)12-6-4-3-5-7-12/h3-7,10-11,13H,8-9H2,1-2H3/q+1. The van der Waals surface area contributed by atoms with Crippen LogP contribution in [-0.2, 0) is 0 Å². The quantitative estimate of drug-likeness (QED) is 0.705. The van der Waals surface area contributed by atoms with Gasteiger partial charge in [0.2, 0.25) is 0 Å². The molecular formula is C12H18OP+. The van der Waals surface area contributed by atoms with E-state index in [9.17, 15) is 4.89 Å². The van der Waals surface area contributed by atoms with Crippen molar-refractivity contribution in [2.45, 2.75) is 38.0 Å². The minimum atomic E-state index is -1.85. The Morgan fingerprint density at radius 3 is 2.07 bits per heavy atom. The van der Waals surface area contributed by atoms with Crippen LogP contribution in [0.4, 0.5) is 0 Å². The minimum Gasteiger partial charge on any atom is -0.246 e. The maximum atomic E-state index is 10.8. The van der Waals surface area contributed by atoms with Crippen LogP contribution in [0.25, 0.3) is 0 Å². The Balaban J connectivity index is 2.40. The zero-order valence-corrected chi connectivity index (χ0v) is 9.74. The fourth-order valence-corrected chi connectivity index (χ4v) is 6.11. The molecule has 2 rings (SSSR count). The molecule has 14 heavy (non-hydrogen) atoms. The van der Waals surface area contributed by atoms with Crippen LogP contribution in [0.5, 0.6) is 0 Å². The lowest BCUT2D eigenvalue weighted by molar-refractivity contribution is 0.597. The van der Waals surface area contributed by atoms with Crippen LogP contribution in [0, 0.1) is 0 Å². The van der Waals surface area contributed by atoms with Crippen molar-refractivity contribution in [3.63, 3.8) is 0 Å². The van der Waals surface area contributed by atoms with Crippen LogP contribution in [0.1, 0.15) is 26.7 Å². The highest BCUT2D eigenvalue weighted by atomic mass is 31.2. The van der Waals surface area contributed by atoms with E-state index in [4.69, 9.17) is 0 Å². The summed E-state index contributed by atoms with van der Waals surface area (Å²) in [7, 11) is -1.85. The van der Waals surface area contributed by atoms with Crippen molar-refractivity contribution in [1.29, 1.82) is 0 Å². The summed E-state index contributed by atoms with van der Waals surface area (Å²) in [6.07, 6.45) is 2.36. The zero-order valence-electron chi connectivity index (χ0n) is 8.85. The lowest BCUT2D eigenvalue weighted by Gasteiger charge is -2.23. The maximum Gasteiger partial charge on any atom is 0.179 e. The molecule has 76 valence electrons. The van der Waals surface area contributed by atoms with Gasteiger partial charge in [-0.25, -0.2) is 4.89 Å². The second-order valence-electron chi connectivity index (χ2n) is 4.35. The van der Waals surface area contributed by atoms with Gasteiger partial charge < -0.3 is 0 Å². The SMILES string of the molecule is CC1CCC(C)[P+]1(O)c1ccccc1. The van der Waals surface area contributed by atoms with E-state index in [0.717, 1.165) is 0 Å². The van der Waals surface area contributed by atoms with Crippen molar-refractivity contribution in [2.75, 3.05) is 0 Å². The third-order valence-corrected chi connectivity index (χ3v) is 7.85. The van der Waals surface area contributed by atoms with Crippen LogP contribution in [0.15, 0.2) is 30.3 Å². The van der Waals surface area contributed by atoms with Crippen molar-refractivity contribution in [1.82, 2.24) is 0 Å². The van der Waals surface area contributed by atoms with E-state index in [0.29, 0.717) is 11.3 Å². The third kappa shape index (κ3) is 1.39. The first kappa shape index (κ1) is 10.1. The summed E-state index contributed by atoms with van der Waals surface area (Å²) in [6, 6.07) is 10.3. The normalized spacial score (nSPS) is 37.4. The van der Waals surface area contributed by atoms with Gasteiger partial charge in [0.05, 0.1) is 11.3 Å². The lowest BCUT2D eigenvalue weighted by atomic mass is 10.2. The molecule has 0 bridgehead atoms. The molecule has 1 fully saturated rings. The van der Waals surface area contributed by atoms with Crippen molar-refractivity contribution in [3.8, 4) is 0 Å². The maximum absolute atomic E-state index is 10.8. The molecule has 1 aromatic rings. The van der Waals surface area contributed by atoms with Crippen molar-refractivity contribution in [3.05, 3.63) is 30.3 Å². The fraction of sp³-hybridized carbons (Fsp3) is 0.500. The molecule has 0 radical (unpaired) electrons. The smallest absolute Gasteiger partial charge is 0.179 e. The van der Waals surface area contributed by atoms with Crippen LogP contribution in [0.3, 0.4) is 0 Å². The Morgan fingerprint density at radius 1 is 1.07 bits per heavy atom. The molecule has 2 heteroatoms. The lowest BCUT2D eigenvalue weighted by Crippen LogP contribution is -2.21. The average Bonchev–Trinajstić information content (AvgIpc) is 2.49. The highest BCUT2D eigenvalue weighted by molar-refractivity contribution is 7.79. The van der Waals surface area contributed by atoms with Crippen LogP contribution in [0.2, 0.25) is 0 Å². The van der Waals surface area contributed by atoms with Crippen molar-refractivity contribution in [2.24, 2.45) is 0 Å². The first-order valence-electron chi connectivity index (χ1n) is 5.32. The first-order chi connectivity index (χ1) is 6.65.